The molecule has 1 rings (SSSR count). The van der Waals surface area contributed by atoms with Crippen molar-refractivity contribution in [3.05, 3.63) is 26.7 Å². The predicted molar refractivity (Wildman–Crippen MR) is 90.3 cm³/mol. The van der Waals surface area contributed by atoms with Gasteiger partial charge in [-0.05, 0) is 36.0 Å². The molecular formula is C16H23BrO2S. The Labute approximate surface area is 135 Å². The molecule has 0 atom stereocenters. The molecule has 0 saturated carbocycles. The van der Waals surface area contributed by atoms with Crippen LogP contribution < -0.4 is 0 Å². The zero-order valence-corrected chi connectivity index (χ0v) is 14.9. The van der Waals surface area contributed by atoms with E-state index in [1.54, 1.807) is 0 Å². The van der Waals surface area contributed by atoms with Gasteiger partial charge in [0.15, 0.2) is 0 Å². The molecule has 0 aliphatic rings. The summed E-state index contributed by atoms with van der Waals surface area (Å²) in [6.45, 7) is 6.30. The second-order valence-electron chi connectivity index (χ2n) is 5.03. The number of rotatable bonds is 7. The van der Waals surface area contributed by atoms with Crippen LogP contribution >= 0.6 is 28.6 Å². The Kier molecular flexibility index (Phi) is 7.10. The van der Waals surface area contributed by atoms with Crippen LogP contribution in [-0.4, -0.2) is 11.1 Å². The summed E-state index contributed by atoms with van der Waals surface area (Å²) < 4.78 is 1.07. The van der Waals surface area contributed by atoms with Crippen LogP contribution in [0.1, 0.15) is 67.1 Å². The quantitative estimate of drug-likeness (QED) is 0.649. The Morgan fingerprint density at radius 1 is 1.00 bits per heavy atom. The van der Waals surface area contributed by atoms with Crippen molar-refractivity contribution < 1.29 is 9.90 Å². The first kappa shape index (κ1) is 17.6. The fraction of sp³-hybridized carbons (Fsp3) is 0.562. The minimum atomic E-state index is -0.861. The molecule has 20 heavy (non-hydrogen) atoms. The molecule has 4 heteroatoms. The van der Waals surface area contributed by atoms with Crippen molar-refractivity contribution in [2.24, 2.45) is 0 Å². The van der Waals surface area contributed by atoms with Crippen LogP contribution in [0.5, 0.6) is 0 Å². The van der Waals surface area contributed by atoms with Gasteiger partial charge in [0, 0.05) is 9.37 Å². The molecule has 0 aliphatic carbocycles. The topological polar surface area (TPSA) is 37.3 Å². The van der Waals surface area contributed by atoms with E-state index in [0.29, 0.717) is 10.5 Å². The van der Waals surface area contributed by atoms with Crippen molar-refractivity contribution in [3.63, 3.8) is 0 Å². The summed E-state index contributed by atoms with van der Waals surface area (Å²) in [5.74, 6) is -0.861. The third-order valence-corrected chi connectivity index (χ3v) is 4.88. The molecule has 1 aromatic carbocycles. The number of hydrogen-bond donors (Lipinski definition) is 2. The second-order valence-corrected chi connectivity index (χ2v) is 6.27. The van der Waals surface area contributed by atoms with E-state index < -0.39 is 5.97 Å². The molecule has 0 fully saturated rings. The van der Waals surface area contributed by atoms with Gasteiger partial charge >= 0.3 is 5.97 Å². The third-order valence-electron chi connectivity index (χ3n) is 3.43. The summed E-state index contributed by atoms with van der Waals surface area (Å²) in [7, 11) is 0. The van der Waals surface area contributed by atoms with E-state index in [4.69, 9.17) is 0 Å². The summed E-state index contributed by atoms with van der Waals surface area (Å²) in [5, 5.41) is 9.59. The molecular weight excluding hydrogens is 336 g/mol. The van der Waals surface area contributed by atoms with Crippen LogP contribution in [0.25, 0.3) is 0 Å². The van der Waals surface area contributed by atoms with E-state index >= 15 is 0 Å². The smallest absolute Gasteiger partial charge is 0.337 e. The van der Waals surface area contributed by atoms with E-state index in [0.717, 1.165) is 59.7 Å². The third kappa shape index (κ3) is 3.59. The van der Waals surface area contributed by atoms with Crippen LogP contribution in [0.3, 0.4) is 0 Å². The number of halogens is 1. The summed E-state index contributed by atoms with van der Waals surface area (Å²) in [4.78, 5) is 12.3. The van der Waals surface area contributed by atoms with Crippen molar-refractivity contribution >= 4 is 34.5 Å². The standard InChI is InChI=1S/C16H23BrO2S/c1-4-7-10-11(8-5-2)14(17)12(9-6-3)15(20)13(10)16(18)19/h20H,4-9H2,1-3H3,(H,18,19). The molecule has 0 amide bonds. The molecule has 0 unspecified atom stereocenters. The summed E-state index contributed by atoms with van der Waals surface area (Å²) in [6, 6.07) is 0. The maximum atomic E-state index is 11.7. The molecule has 1 N–H and O–H groups in total. The highest BCUT2D eigenvalue weighted by Crippen LogP contribution is 2.37. The van der Waals surface area contributed by atoms with E-state index in [1.807, 2.05) is 0 Å². The minimum Gasteiger partial charge on any atom is -0.478 e. The number of carboxylic acid groups (broad SMARTS) is 1. The summed E-state index contributed by atoms with van der Waals surface area (Å²) in [6.07, 6.45) is 5.46. The van der Waals surface area contributed by atoms with Crippen LogP contribution in [0.4, 0.5) is 0 Å². The first-order chi connectivity index (χ1) is 9.49. The van der Waals surface area contributed by atoms with Crippen LogP contribution in [0.2, 0.25) is 0 Å². The lowest BCUT2D eigenvalue weighted by Crippen LogP contribution is -2.11. The second kappa shape index (κ2) is 8.08. The fourth-order valence-corrected chi connectivity index (χ4v) is 4.05. The number of aromatic carboxylic acids is 1. The molecule has 112 valence electrons. The average molecular weight is 359 g/mol. The van der Waals surface area contributed by atoms with E-state index in [2.05, 4.69) is 49.3 Å². The summed E-state index contributed by atoms with van der Waals surface area (Å²) in [5.41, 5.74) is 3.56. The van der Waals surface area contributed by atoms with Crippen molar-refractivity contribution in [2.75, 3.05) is 0 Å². The van der Waals surface area contributed by atoms with Gasteiger partial charge in [0.05, 0.1) is 5.56 Å². The Morgan fingerprint density at radius 3 is 1.90 bits per heavy atom. The highest BCUT2D eigenvalue weighted by atomic mass is 79.9. The molecule has 0 spiro atoms. The average Bonchev–Trinajstić information content (AvgIpc) is 2.39. The van der Waals surface area contributed by atoms with Gasteiger partial charge in [-0.2, -0.15) is 0 Å². The lowest BCUT2D eigenvalue weighted by molar-refractivity contribution is 0.0691. The van der Waals surface area contributed by atoms with Crippen molar-refractivity contribution in [1.82, 2.24) is 0 Å². The van der Waals surface area contributed by atoms with E-state index in [9.17, 15) is 9.90 Å². The predicted octanol–water partition coefficient (Wildman–Crippen LogP) is 5.29. The number of carboxylic acids is 1. The first-order valence-corrected chi connectivity index (χ1v) is 8.51. The zero-order valence-electron chi connectivity index (χ0n) is 12.4. The molecule has 1 aromatic rings. The van der Waals surface area contributed by atoms with Gasteiger partial charge in [-0.15, -0.1) is 12.6 Å². The van der Waals surface area contributed by atoms with Crippen LogP contribution in [0.15, 0.2) is 9.37 Å². The number of benzene rings is 1. The van der Waals surface area contributed by atoms with Crippen molar-refractivity contribution in [2.45, 2.75) is 64.2 Å². The number of carbonyl (C=O) groups is 1. The van der Waals surface area contributed by atoms with Gasteiger partial charge in [-0.3, -0.25) is 0 Å². The maximum absolute atomic E-state index is 11.7. The highest BCUT2D eigenvalue weighted by molar-refractivity contribution is 9.10. The lowest BCUT2D eigenvalue weighted by atomic mass is 9.90. The van der Waals surface area contributed by atoms with Gasteiger partial charge in [0.1, 0.15) is 0 Å². The molecule has 0 heterocycles. The zero-order chi connectivity index (χ0) is 15.3. The SMILES string of the molecule is CCCc1c(S)c(C(=O)O)c(CCC)c(CCC)c1Br. The van der Waals surface area contributed by atoms with Gasteiger partial charge in [0.2, 0.25) is 0 Å². The minimum absolute atomic E-state index is 0.408. The van der Waals surface area contributed by atoms with E-state index in [1.165, 1.54) is 0 Å². The first-order valence-electron chi connectivity index (χ1n) is 7.27. The lowest BCUT2D eigenvalue weighted by Gasteiger charge is -2.20. The van der Waals surface area contributed by atoms with Gasteiger partial charge < -0.3 is 5.11 Å². The number of thiol groups is 1. The largest absolute Gasteiger partial charge is 0.478 e. The fourth-order valence-electron chi connectivity index (χ4n) is 2.61. The Hall–Kier alpha value is -0.480. The molecule has 2 nitrogen and oxygen atoms in total. The maximum Gasteiger partial charge on any atom is 0.337 e. The highest BCUT2D eigenvalue weighted by Gasteiger charge is 2.23. The van der Waals surface area contributed by atoms with Gasteiger partial charge in [-0.25, -0.2) is 4.79 Å². The molecule has 0 saturated heterocycles. The van der Waals surface area contributed by atoms with Gasteiger partial charge in [0.25, 0.3) is 0 Å². The monoisotopic (exact) mass is 358 g/mol. The molecule has 0 radical (unpaired) electrons. The molecule has 0 bridgehead atoms. The summed E-state index contributed by atoms with van der Waals surface area (Å²) >= 11 is 8.22. The van der Waals surface area contributed by atoms with Crippen molar-refractivity contribution in [1.29, 1.82) is 0 Å². The normalized spacial score (nSPS) is 10.8. The molecule has 0 aliphatic heterocycles. The molecule has 0 aromatic heterocycles. The van der Waals surface area contributed by atoms with Crippen LogP contribution in [-0.2, 0) is 19.3 Å². The number of hydrogen-bond acceptors (Lipinski definition) is 2. The van der Waals surface area contributed by atoms with E-state index in [-0.39, 0.29) is 0 Å². The van der Waals surface area contributed by atoms with Crippen LogP contribution in [0, 0.1) is 0 Å². The Morgan fingerprint density at radius 2 is 1.45 bits per heavy atom. The Balaban J connectivity index is 3.65. The Bertz CT molecular complexity index is 498. The van der Waals surface area contributed by atoms with Gasteiger partial charge in [-0.1, -0.05) is 56.0 Å². The van der Waals surface area contributed by atoms with Crippen molar-refractivity contribution in [3.8, 4) is 0 Å².